The van der Waals surface area contributed by atoms with Gasteiger partial charge in [-0.2, -0.15) is 0 Å². The first kappa shape index (κ1) is 15.9. The highest BCUT2D eigenvalue weighted by molar-refractivity contribution is 5.81. The third-order valence-corrected chi connectivity index (χ3v) is 4.94. The summed E-state index contributed by atoms with van der Waals surface area (Å²) in [7, 11) is 0. The summed E-state index contributed by atoms with van der Waals surface area (Å²) in [4.78, 5) is 28.1. The molecule has 1 aliphatic carbocycles. The zero-order valence-corrected chi connectivity index (χ0v) is 13.3. The number of carbonyl (C=O) groups excluding carboxylic acids is 2. The number of fused-ring (bicyclic) bond motifs is 1. The van der Waals surface area contributed by atoms with Gasteiger partial charge in [-0.25, -0.2) is 5.43 Å². The van der Waals surface area contributed by atoms with E-state index >= 15 is 0 Å². The Labute approximate surface area is 136 Å². The Kier molecular flexibility index (Phi) is 5.23. The summed E-state index contributed by atoms with van der Waals surface area (Å²) >= 11 is 0. The molecule has 1 aliphatic heterocycles. The number of nitrogens with one attached hydrogen (secondary N) is 3. The lowest BCUT2D eigenvalue weighted by Crippen LogP contribution is -2.60. The molecule has 0 spiro atoms. The van der Waals surface area contributed by atoms with Crippen LogP contribution in [-0.2, 0) is 16.0 Å². The summed E-state index contributed by atoms with van der Waals surface area (Å²) < 4.78 is 0. The number of pyridine rings is 1. The highest BCUT2D eigenvalue weighted by Crippen LogP contribution is 2.35. The molecule has 1 saturated carbocycles. The minimum absolute atomic E-state index is 0.0389. The maximum Gasteiger partial charge on any atom is 0.237 e. The molecule has 2 heterocycles. The Hall–Kier alpha value is -1.95. The van der Waals surface area contributed by atoms with Crippen LogP contribution in [0.15, 0.2) is 24.5 Å². The Morgan fingerprint density at radius 2 is 2.04 bits per heavy atom. The molecule has 3 N–H and O–H groups in total. The van der Waals surface area contributed by atoms with E-state index in [4.69, 9.17) is 0 Å². The van der Waals surface area contributed by atoms with Crippen molar-refractivity contribution in [2.45, 2.75) is 44.6 Å². The Balaban J connectivity index is 1.46. The summed E-state index contributed by atoms with van der Waals surface area (Å²) in [6, 6.07) is 3.95. The van der Waals surface area contributed by atoms with Gasteiger partial charge in [0.05, 0.1) is 0 Å². The number of amides is 2. The second-order valence-corrected chi connectivity index (χ2v) is 6.45. The number of hydrogen-bond donors (Lipinski definition) is 3. The van der Waals surface area contributed by atoms with E-state index in [0.29, 0.717) is 13.0 Å². The number of nitrogens with zero attached hydrogens (tertiary/aromatic N) is 1. The molecule has 23 heavy (non-hydrogen) atoms. The van der Waals surface area contributed by atoms with Gasteiger partial charge in [0.25, 0.3) is 0 Å². The van der Waals surface area contributed by atoms with Gasteiger partial charge in [0.2, 0.25) is 11.8 Å². The number of carbonyl (C=O) groups is 2. The highest BCUT2D eigenvalue weighted by atomic mass is 16.2. The van der Waals surface area contributed by atoms with E-state index in [0.717, 1.165) is 37.7 Å². The Bertz CT molecular complexity index is 549. The molecule has 2 fully saturated rings. The average Bonchev–Trinajstić information content (AvgIpc) is 2.59. The molecule has 3 rings (SSSR count). The number of hydrogen-bond acceptors (Lipinski definition) is 4. The fraction of sp³-hybridized carbons (Fsp3) is 0.588. The van der Waals surface area contributed by atoms with Crippen LogP contribution < -0.4 is 16.2 Å². The van der Waals surface area contributed by atoms with Crippen LogP contribution in [0.2, 0.25) is 0 Å². The van der Waals surface area contributed by atoms with Gasteiger partial charge >= 0.3 is 0 Å². The molecular formula is C17H24N4O2. The second-order valence-electron chi connectivity index (χ2n) is 6.45. The topological polar surface area (TPSA) is 83.1 Å². The van der Waals surface area contributed by atoms with Crippen LogP contribution in [0.1, 0.15) is 37.7 Å². The maximum absolute atomic E-state index is 12.2. The zero-order valence-electron chi connectivity index (χ0n) is 13.3. The van der Waals surface area contributed by atoms with Crippen LogP contribution in [0.3, 0.4) is 0 Å². The van der Waals surface area contributed by atoms with Crippen LogP contribution in [-0.4, -0.2) is 29.4 Å². The minimum atomic E-state index is 0.0389. The van der Waals surface area contributed by atoms with E-state index in [1.807, 2.05) is 12.1 Å². The third kappa shape index (κ3) is 4.07. The predicted molar refractivity (Wildman–Crippen MR) is 86.1 cm³/mol. The molecule has 2 amide bonds. The van der Waals surface area contributed by atoms with Crippen molar-refractivity contribution in [2.24, 2.45) is 11.8 Å². The summed E-state index contributed by atoms with van der Waals surface area (Å²) in [6.07, 6.45) is 8.96. The molecule has 0 bridgehead atoms. The average molecular weight is 316 g/mol. The quantitative estimate of drug-likeness (QED) is 0.755. The summed E-state index contributed by atoms with van der Waals surface area (Å²) in [5.41, 5.74) is 6.94. The van der Waals surface area contributed by atoms with Crippen molar-refractivity contribution in [1.82, 2.24) is 21.2 Å². The monoisotopic (exact) mass is 316 g/mol. The Morgan fingerprint density at radius 3 is 2.87 bits per heavy atom. The van der Waals surface area contributed by atoms with Crippen LogP contribution in [0.4, 0.5) is 0 Å². The van der Waals surface area contributed by atoms with Gasteiger partial charge < -0.3 is 5.32 Å². The van der Waals surface area contributed by atoms with E-state index in [1.165, 1.54) is 0 Å². The van der Waals surface area contributed by atoms with Crippen molar-refractivity contribution < 1.29 is 9.59 Å². The van der Waals surface area contributed by atoms with Crippen molar-refractivity contribution in [3.63, 3.8) is 0 Å². The van der Waals surface area contributed by atoms with Crippen molar-refractivity contribution in [3.8, 4) is 0 Å². The fourth-order valence-corrected chi connectivity index (χ4v) is 3.70. The largest absolute Gasteiger partial charge is 0.356 e. The van der Waals surface area contributed by atoms with E-state index in [2.05, 4.69) is 21.2 Å². The molecule has 1 aromatic heterocycles. The molecular weight excluding hydrogens is 292 g/mol. The predicted octanol–water partition coefficient (Wildman–Crippen LogP) is 0.940. The zero-order chi connectivity index (χ0) is 16.1. The van der Waals surface area contributed by atoms with Crippen molar-refractivity contribution >= 4 is 11.8 Å². The van der Waals surface area contributed by atoms with Gasteiger partial charge in [-0.3, -0.25) is 20.0 Å². The number of aromatic nitrogens is 1. The van der Waals surface area contributed by atoms with Gasteiger partial charge in [0.1, 0.15) is 0 Å². The fourth-order valence-electron chi connectivity index (χ4n) is 3.70. The van der Waals surface area contributed by atoms with Gasteiger partial charge in [0, 0.05) is 37.3 Å². The van der Waals surface area contributed by atoms with Crippen LogP contribution in [0.25, 0.3) is 0 Å². The van der Waals surface area contributed by atoms with Crippen LogP contribution in [0, 0.1) is 11.8 Å². The minimum Gasteiger partial charge on any atom is -0.356 e. The first-order valence-corrected chi connectivity index (χ1v) is 8.45. The molecule has 6 heteroatoms. The normalized spacial score (nSPS) is 27.0. The van der Waals surface area contributed by atoms with Crippen LogP contribution in [0.5, 0.6) is 0 Å². The van der Waals surface area contributed by atoms with Gasteiger partial charge in [-0.1, -0.05) is 12.8 Å². The van der Waals surface area contributed by atoms with Gasteiger partial charge in [-0.15, -0.1) is 0 Å². The standard InChI is InChI=1S/C17H24N4O2/c22-16(19-10-7-12-5-8-18-9-6-12)11-15-13-3-1-2-4-14(13)17(23)21-20-15/h5-6,8-9,13-15,20H,1-4,7,10-11H2,(H,19,22)(H,21,23). The molecule has 6 nitrogen and oxygen atoms in total. The van der Waals surface area contributed by atoms with Crippen LogP contribution >= 0.6 is 0 Å². The van der Waals surface area contributed by atoms with Crippen molar-refractivity contribution in [3.05, 3.63) is 30.1 Å². The molecule has 0 radical (unpaired) electrons. The van der Waals surface area contributed by atoms with Gasteiger partial charge in [0.15, 0.2) is 0 Å². The smallest absolute Gasteiger partial charge is 0.237 e. The van der Waals surface area contributed by atoms with E-state index in [-0.39, 0.29) is 29.7 Å². The van der Waals surface area contributed by atoms with E-state index in [1.54, 1.807) is 12.4 Å². The Morgan fingerprint density at radius 1 is 1.26 bits per heavy atom. The lowest BCUT2D eigenvalue weighted by atomic mass is 9.73. The molecule has 0 aromatic carbocycles. The first-order valence-electron chi connectivity index (χ1n) is 8.45. The number of hydrazine groups is 1. The summed E-state index contributed by atoms with van der Waals surface area (Å²) in [6.45, 7) is 0.621. The second kappa shape index (κ2) is 7.55. The molecule has 3 unspecified atom stereocenters. The highest BCUT2D eigenvalue weighted by Gasteiger charge is 2.40. The number of rotatable bonds is 5. The first-order chi connectivity index (χ1) is 11.2. The van der Waals surface area contributed by atoms with E-state index < -0.39 is 0 Å². The summed E-state index contributed by atoms with van der Waals surface area (Å²) in [5, 5.41) is 2.97. The van der Waals surface area contributed by atoms with Crippen molar-refractivity contribution in [1.29, 1.82) is 0 Å². The van der Waals surface area contributed by atoms with Gasteiger partial charge in [-0.05, 0) is 42.9 Å². The molecule has 1 aromatic rings. The summed E-state index contributed by atoms with van der Waals surface area (Å²) in [5.74, 6) is 0.476. The van der Waals surface area contributed by atoms with Crippen molar-refractivity contribution in [2.75, 3.05) is 6.54 Å². The third-order valence-electron chi connectivity index (χ3n) is 4.94. The SMILES string of the molecule is O=C(CC1NNC(=O)C2CCCCC12)NCCc1ccncc1. The molecule has 2 aliphatic rings. The lowest BCUT2D eigenvalue weighted by molar-refractivity contribution is -0.135. The lowest BCUT2D eigenvalue weighted by Gasteiger charge is -2.40. The van der Waals surface area contributed by atoms with E-state index in [9.17, 15) is 9.59 Å². The molecule has 124 valence electrons. The molecule has 3 atom stereocenters. The molecule has 1 saturated heterocycles. The maximum atomic E-state index is 12.2.